The van der Waals surface area contributed by atoms with Gasteiger partial charge in [-0.2, -0.15) is 0 Å². The van der Waals surface area contributed by atoms with Crippen molar-refractivity contribution in [1.82, 2.24) is 0 Å². The van der Waals surface area contributed by atoms with Crippen molar-refractivity contribution in [3.63, 3.8) is 0 Å². The highest BCUT2D eigenvalue weighted by molar-refractivity contribution is 6.74. The van der Waals surface area contributed by atoms with Crippen LogP contribution in [0.5, 0.6) is 0 Å². The van der Waals surface area contributed by atoms with E-state index in [4.69, 9.17) is 4.43 Å². The zero-order valence-electron chi connectivity index (χ0n) is 12.7. The molecular weight excluding hydrogens is 248 g/mol. The molecule has 0 amide bonds. The molecule has 0 aliphatic carbocycles. The Labute approximate surface area is 112 Å². The first-order valence-corrected chi connectivity index (χ1v) is 9.33. The van der Waals surface area contributed by atoms with Gasteiger partial charge >= 0.3 is 5.97 Å². The molecule has 108 valence electrons. The van der Waals surface area contributed by atoms with Gasteiger partial charge in [-0.3, -0.25) is 4.79 Å². The number of hydrogen-bond acceptors (Lipinski definition) is 4. The first-order valence-electron chi connectivity index (χ1n) is 6.43. The van der Waals surface area contributed by atoms with Crippen molar-refractivity contribution >= 4 is 14.3 Å². The molecule has 0 saturated heterocycles. The van der Waals surface area contributed by atoms with Gasteiger partial charge in [0.25, 0.3) is 0 Å². The summed E-state index contributed by atoms with van der Waals surface area (Å²) in [6, 6.07) is 0. The van der Waals surface area contributed by atoms with Gasteiger partial charge in [0.15, 0.2) is 8.32 Å². The second-order valence-electron chi connectivity index (χ2n) is 6.28. The average molecular weight is 276 g/mol. The van der Waals surface area contributed by atoms with E-state index in [0.29, 0.717) is 13.0 Å². The molecule has 0 fully saturated rings. The van der Waals surface area contributed by atoms with E-state index in [2.05, 4.69) is 38.6 Å². The molecule has 4 nitrogen and oxygen atoms in total. The third kappa shape index (κ3) is 5.08. The first-order chi connectivity index (χ1) is 8.03. The normalized spacial score (nSPS) is 16.2. The maximum Gasteiger partial charge on any atom is 0.311 e. The quantitative estimate of drug-likeness (QED) is 0.598. The third-order valence-electron chi connectivity index (χ3n) is 3.83. The van der Waals surface area contributed by atoms with E-state index in [1.807, 2.05) is 0 Å². The Bertz CT molecular complexity index is 271. The van der Waals surface area contributed by atoms with Crippen molar-refractivity contribution in [2.45, 2.75) is 58.4 Å². The smallest absolute Gasteiger partial charge is 0.311 e. The second-order valence-corrected chi connectivity index (χ2v) is 11.1. The third-order valence-corrected chi connectivity index (χ3v) is 8.37. The molecule has 0 aliphatic rings. The van der Waals surface area contributed by atoms with E-state index in [0.717, 1.165) is 0 Å². The highest BCUT2D eigenvalue weighted by atomic mass is 28.4. The zero-order chi connectivity index (χ0) is 14.6. The summed E-state index contributed by atoms with van der Waals surface area (Å²) in [6.45, 7) is 13.0. The fourth-order valence-electron chi connectivity index (χ4n) is 1.24. The standard InChI is InChI=1S/C13H28O4Si/c1-10(12(15)16-5)11(14)8-9-17-18(6,7)13(2,3)4/h10-11,14H,8-9H2,1-7H3/t10-,11+/m1/s1. The van der Waals surface area contributed by atoms with Crippen molar-refractivity contribution in [2.75, 3.05) is 13.7 Å². The van der Waals surface area contributed by atoms with Gasteiger partial charge in [-0.25, -0.2) is 0 Å². The lowest BCUT2D eigenvalue weighted by Gasteiger charge is -2.36. The number of hydrogen-bond donors (Lipinski definition) is 1. The second kappa shape index (κ2) is 6.68. The number of carbonyl (C=O) groups is 1. The highest BCUT2D eigenvalue weighted by Crippen LogP contribution is 2.36. The van der Waals surface area contributed by atoms with E-state index < -0.39 is 20.3 Å². The monoisotopic (exact) mass is 276 g/mol. The minimum absolute atomic E-state index is 0.159. The van der Waals surface area contributed by atoms with Gasteiger partial charge in [0.05, 0.1) is 19.1 Å². The molecule has 0 heterocycles. The molecule has 0 aromatic heterocycles. The van der Waals surface area contributed by atoms with Crippen molar-refractivity contribution in [3.8, 4) is 0 Å². The number of methoxy groups -OCH3 is 1. The molecule has 0 aromatic carbocycles. The Kier molecular flexibility index (Phi) is 6.53. The summed E-state index contributed by atoms with van der Waals surface area (Å²) in [5.74, 6) is -0.882. The van der Waals surface area contributed by atoms with Crippen LogP contribution in [0.25, 0.3) is 0 Å². The molecule has 0 rings (SSSR count). The predicted molar refractivity (Wildman–Crippen MR) is 75.0 cm³/mol. The molecule has 1 N–H and O–H groups in total. The summed E-state index contributed by atoms with van der Waals surface area (Å²) < 4.78 is 10.6. The van der Waals surface area contributed by atoms with Crippen molar-refractivity contribution < 1.29 is 19.1 Å². The first kappa shape index (κ1) is 17.6. The van der Waals surface area contributed by atoms with Crippen LogP contribution in [0.2, 0.25) is 18.1 Å². The van der Waals surface area contributed by atoms with Crippen LogP contribution in [0.1, 0.15) is 34.1 Å². The molecule has 0 unspecified atom stereocenters. The van der Waals surface area contributed by atoms with Crippen LogP contribution in [0.4, 0.5) is 0 Å². The van der Waals surface area contributed by atoms with Crippen molar-refractivity contribution in [1.29, 1.82) is 0 Å². The van der Waals surface area contributed by atoms with Crippen LogP contribution < -0.4 is 0 Å². The predicted octanol–water partition coefficient (Wildman–Crippen LogP) is 2.57. The van der Waals surface area contributed by atoms with Crippen LogP contribution >= 0.6 is 0 Å². The van der Waals surface area contributed by atoms with Gasteiger partial charge in [0.2, 0.25) is 0 Å². The fraction of sp³-hybridized carbons (Fsp3) is 0.923. The van der Waals surface area contributed by atoms with E-state index in [1.165, 1.54) is 7.11 Å². The summed E-state index contributed by atoms with van der Waals surface area (Å²) >= 11 is 0. The molecule has 0 saturated carbocycles. The number of aliphatic hydroxyl groups is 1. The number of aliphatic hydroxyl groups excluding tert-OH is 1. The Hall–Kier alpha value is -0.393. The Morgan fingerprint density at radius 2 is 1.83 bits per heavy atom. The van der Waals surface area contributed by atoms with Crippen LogP contribution in [-0.2, 0) is 14.0 Å². The van der Waals surface area contributed by atoms with Gasteiger partial charge in [-0.05, 0) is 31.5 Å². The van der Waals surface area contributed by atoms with Crippen LogP contribution in [0.15, 0.2) is 0 Å². The summed E-state index contributed by atoms with van der Waals surface area (Å²) in [5.41, 5.74) is 0. The largest absolute Gasteiger partial charge is 0.469 e. The number of carbonyl (C=O) groups excluding carboxylic acids is 1. The maximum absolute atomic E-state index is 11.3. The SMILES string of the molecule is COC(=O)[C@H](C)[C@@H](O)CCO[Si](C)(C)C(C)(C)C. The van der Waals surface area contributed by atoms with Crippen molar-refractivity contribution in [2.24, 2.45) is 5.92 Å². The van der Waals surface area contributed by atoms with Gasteiger partial charge in [0.1, 0.15) is 0 Å². The van der Waals surface area contributed by atoms with Crippen molar-refractivity contribution in [3.05, 3.63) is 0 Å². The van der Waals surface area contributed by atoms with Gasteiger partial charge in [0, 0.05) is 6.61 Å². The summed E-state index contributed by atoms with van der Waals surface area (Å²) in [4.78, 5) is 11.3. The Morgan fingerprint density at radius 3 is 2.22 bits per heavy atom. The summed E-state index contributed by atoms with van der Waals surface area (Å²) in [6.07, 6.45) is -0.245. The van der Waals surface area contributed by atoms with Gasteiger partial charge < -0.3 is 14.3 Å². The Balaban J connectivity index is 4.17. The molecule has 2 atom stereocenters. The molecule has 0 bridgehead atoms. The fourth-order valence-corrected chi connectivity index (χ4v) is 2.31. The summed E-state index contributed by atoms with van der Waals surface area (Å²) in [7, 11) is -0.438. The van der Waals surface area contributed by atoms with Crippen LogP contribution in [-0.4, -0.2) is 39.2 Å². The maximum atomic E-state index is 11.3. The molecule has 0 aliphatic heterocycles. The van der Waals surface area contributed by atoms with Crippen LogP contribution in [0, 0.1) is 5.92 Å². The molecular formula is C13H28O4Si. The lowest BCUT2D eigenvalue weighted by atomic mass is 10.0. The van der Waals surface area contributed by atoms with E-state index in [-0.39, 0.29) is 11.0 Å². The topological polar surface area (TPSA) is 55.8 Å². The average Bonchev–Trinajstić information content (AvgIpc) is 2.24. The molecule has 5 heteroatoms. The minimum Gasteiger partial charge on any atom is -0.469 e. The number of esters is 1. The molecule has 0 spiro atoms. The van der Waals surface area contributed by atoms with Gasteiger partial charge in [-0.1, -0.05) is 20.8 Å². The van der Waals surface area contributed by atoms with E-state index in [9.17, 15) is 9.90 Å². The van der Waals surface area contributed by atoms with Crippen LogP contribution in [0.3, 0.4) is 0 Å². The van der Waals surface area contributed by atoms with E-state index in [1.54, 1.807) is 6.92 Å². The zero-order valence-corrected chi connectivity index (χ0v) is 13.7. The number of ether oxygens (including phenoxy) is 1. The molecule has 0 radical (unpaired) electrons. The molecule has 18 heavy (non-hydrogen) atoms. The Morgan fingerprint density at radius 1 is 1.33 bits per heavy atom. The minimum atomic E-state index is -1.77. The lowest BCUT2D eigenvalue weighted by Crippen LogP contribution is -2.41. The van der Waals surface area contributed by atoms with E-state index >= 15 is 0 Å². The lowest BCUT2D eigenvalue weighted by molar-refractivity contribution is -0.148. The highest BCUT2D eigenvalue weighted by Gasteiger charge is 2.37. The molecule has 0 aromatic rings. The summed E-state index contributed by atoms with van der Waals surface area (Å²) in [5, 5.41) is 10.0. The number of rotatable bonds is 6. The van der Waals surface area contributed by atoms with Gasteiger partial charge in [-0.15, -0.1) is 0 Å².